The maximum absolute atomic E-state index is 10.4. The Hall–Kier alpha value is -1.01. The highest BCUT2D eigenvalue weighted by atomic mass is 32.2. The van der Waals surface area contributed by atoms with Crippen LogP contribution in [0.1, 0.15) is 5.82 Å². The molecule has 1 rings (SSSR count). The van der Waals surface area contributed by atoms with Gasteiger partial charge in [0.1, 0.15) is 11.9 Å². The van der Waals surface area contributed by atoms with E-state index in [-0.39, 0.29) is 0 Å². The summed E-state index contributed by atoms with van der Waals surface area (Å²) in [7, 11) is 1.94. The average molecular weight is 229 g/mol. The molecule has 0 aliphatic heterocycles. The molecule has 0 aliphatic rings. The molecule has 0 radical (unpaired) electrons. The van der Waals surface area contributed by atoms with Crippen molar-refractivity contribution < 1.29 is 9.90 Å². The van der Waals surface area contributed by atoms with Crippen LogP contribution in [0.4, 0.5) is 0 Å². The van der Waals surface area contributed by atoms with Gasteiger partial charge in [0.2, 0.25) is 0 Å². The number of aliphatic carboxylic acids is 1. The zero-order chi connectivity index (χ0) is 11.3. The zero-order valence-corrected chi connectivity index (χ0v) is 9.41. The third-order valence-electron chi connectivity index (χ3n) is 2.01. The number of imidazole rings is 1. The highest BCUT2D eigenvalue weighted by molar-refractivity contribution is 7.99. The number of aryl methyl sites for hydroxylation is 2. The monoisotopic (exact) mass is 229 g/mol. The number of hydrogen-bond acceptors (Lipinski definition) is 4. The largest absolute Gasteiger partial charge is 0.480 e. The molecule has 1 aromatic heterocycles. The topological polar surface area (TPSA) is 81.1 Å². The number of carboxylic acid groups (broad SMARTS) is 1. The van der Waals surface area contributed by atoms with Gasteiger partial charge in [0, 0.05) is 37.4 Å². The minimum absolute atomic E-state index is 0.444. The zero-order valence-electron chi connectivity index (χ0n) is 8.59. The van der Waals surface area contributed by atoms with Crippen LogP contribution < -0.4 is 5.73 Å². The predicted octanol–water partition coefficient (Wildman–Crippen LogP) is 0.108. The van der Waals surface area contributed by atoms with Crippen molar-refractivity contribution in [3.63, 3.8) is 0 Å². The quantitative estimate of drug-likeness (QED) is 0.677. The first-order valence-corrected chi connectivity index (χ1v) is 5.79. The van der Waals surface area contributed by atoms with Gasteiger partial charge in [0.25, 0.3) is 0 Å². The van der Waals surface area contributed by atoms with Crippen molar-refractivity contribution in [2.24, 2.45) is 12.8 Å². The van der Waals surface area contributed by atoms with E-state index in [0.717, 1.165) is 18.0 Å². The second kappa shape index (κ2) is 5.77. The van der Waals surface area contributed by atoms with E-state index in [9.17, 15) is 4.79 Å². The summed E-state index contributed by atoms with van der Waals surface area (Å²) in [6, 6.07) is -0.767. The molecular formula is C9H15N3O2S. The van der Waals surface area contributed by atoms with E-state index in [1.165, 1.54) is 11.8 Å². The van der Waals surface area contributed by atoms with Crippen LogP contribution in [0.2, 0.25) is 0 Å². The van der Waals surface area contributed by atoms with Crippen LogP contribution in [0.5, 0.6) is 0 Å². The first kappa shape index (κ1) is 12.1. The second-order valence-electron chi connectivity index (χ2n) is 3.22. The van der Waals surface area contributed by atoms with E-state index in [1.807, 2.05) is 17.8 Å². The minimum atomic E-state index is -0.945. The van der Waals surface area contributed by atoms with Crippen LogP contribution in [0.3, 0.4) is 0 Å². The van der Waals surface area contributed by atoms with Gasteiger partial charge in [-0.3, -0.25) is 4.79 Å². The first-order chi connectivity index (χ1) is 7.11. The molecule has 0 saturated heterocycles. The lowest BCUT2D eigenvalue weighted by molar-refractivity contribution is -0.137. The molecule has 0 aromatic carbocycles. The van der Waals surface area contributed by atoms with Gasteiger partial charge >= 0.3 is 5.97 Å². The second-order valence-corrected chi connectivity index (χ2v) is 4.37. The number of nitrogens with zero attached hydrogens (tertiary/aromatic N) is 2. The molecule has 1 atom stereocenters. The minimum Gasteiger partial charge on any atom is -0.480 e. The van der Waals surface area contributed by atoms with Gasteiger partial charge in [-0.15, -0.1) is 0 Å². The van der Waals surface area contributed by atoms with E-state index in [2.05, 4.69) is 4.98 Å². The maximum Gasteiger partial charge on any atom is 0.321 e. The van der Waals surface area contributed by atoms with E-state index in [4.69, 9.17) is 10.8 Å². The van der Waals surface area contributed by atoms with Gasteiger partial charge in [-0.05, 0) is 0 Å². The SMILES string of the molecule is Cn1ccnc1CCSCC(N)C(=O)O. The Kier molecular flexibility index (Phi) is 4.64. The van der Waals surface area contributed by atoms with E-state index in [1.54, 1.807) is 6.20 Å². The summed E-state index contributed by atoms with van der Waals surface area (Å²) in [5, 5.41) is 8.55. The smallest absolute Gasteiger partial charge is 0.321 e. The molecule has 3 N–H and O–H groups in total. The number of rotatable bonds is 6. The van der Waals surface area contributed by atoms with Crippen molar-refractivity contribution in [3.05, 3.63) is 18.2 Å². The fourth-order valence-electron chi connectivity index (χ4n) is 1.08. The lowest BCUT2D eigenvalue weighted by Gasteiger charge is -2.05. The van der Waals surface area contributed by atoms with Crippen molar-refractivity contribution in [1.82, 2.24) is 9.55 Å². The lowest BCUT2D eigenvalue weighted by atomic mass is 10.4. The van der Waals surface area contributed by atoms with Crippen LogP contribution in [0.15, 0.2) is 12.4 Å². The van der Waals surface area contributed by atoms with Gasteiger partial charge in [0.05, 0.1) is 0 Å². The first-order valence-electron chi connectivity index (χ1n) is 4.63. The van der Waals surface area contributed by atoms with Gasteiger partial charge in [-0.2, -0.15) is 11.8 Å². The fourth-order valence-corrected chi connectivity index (χ4v) is 1.97. The Labute approximate surface area is 92.7 Å². The van der Waals surface area contributed by atoms with Crippen molar-refractivity contribution in [2.45, 2.75) is 12.5 Å². The Morgan fingerprint density at radius 2 is 2.53 bits per heavy atom. The van der Waals surface area contributed by atoms with Gasteiger partial charge in [-0.25, -0.2) is 4.98 Å². The predicted molar refractivity (Wildman–Crippen MR) is 59.8 cm³/mol. The number of thioether (sulfide) groups is 1. The molecule has 6 heteroatoms. The van der Waals surface area contributed by atoms with Crippen molar-refractivity contribution >= 4 is 17.7 Å². The van der Waals surface area contributed by atoms with Crippen LogP contribution in [0, 0.1) is 0 Å². The Morgan fingerprint density at radius 3 is 3.07 bits per heavy atom. The summed E-state index contributed by atoms with van der Waals surface area (Å²) in [5.41, 5.74) is 5.36. The van der Waals surface area contributed by atoms with Crippen molar-refractivity contribution in [3.8, 4) is 0 Å². The molecule has 1 aromatic rings. The van der Waals surface area contributed by atoms with Gasteiger partial charge in [0.15, 0.2) is 0 Å². The molecule has 0 amide bonds. The number of carbonyl (C=O) groups is 1. The van der Waals surface area contributed by atoms with Crippen molar-refractivity contribution in [1.29, 1.82) is 0 Å². The number of carboxylic acids is 1. The fraction of sp³-hybridized carbons (Fsp3) is 0.556. The Morgan fingerprint density at radius 1 is 1.80 bits per heavy atom. The van der Waals surface area contributed by atoms with Gasteiger partial charge in [-0.1, -0.05) is 0 Å². The molecule has 0 saturated carbocycles. The standard InChI is InChI=1S/C9H15N3O2S/c1-12-4-3-11-8(12)2-5-15-6-7(10)9(13)14/h3-4,7H,2,5-6,10H2,1H3,(H,13,14). The number of nitrogens with two attached hydrogens (primary N) is 1. The third-order valence-corrected chi connectivity index (χ3v) is 3.09. The highest BCUT2D eigenvalue weighted by Gasteiger charge is 2.10. The van der Waals surface area contributed by atoms with Crippen LogP contribution in [0.25, 0.3) is 0 Å². The molecule has 1 unspecified atom stereocenters. The average Bonchev–Trinajstić information content (AvgIpc) is 2.58. The molecule has 5 nitrogen and oxygen atoms in total. The Balaban J connectivity index is 2.17. The summed E-state index contributed by atoms with van der Waals surface area (Å²) in [6.45, 7) is 0. The van der Waals surface area contributed by atoms with E-state index >= 15 is 0 Å². The molecular weight excluding hydrogens is 214 g/mol. The summed E-state index contributed by atoms with van der Waals surface area (Å²) in [5.74, 6) is 1.34. The van der Waals surface area contributed by atoms with Crippen LogP contribution in [-0.2, 0) is 18.3 Å². The summed E-state index contributed by atoms with van der Waals surface area (Å²) < 4.78 is 1.96. The van der Waals surface area contributed by atoms with Gasteiger partial charge < -0.3 is 15.4 Å². The van der Waals surface area contributed by atoms with Crippen LogP contribution >= 0.6 is 11.8 Å². The summed E-state index contributed by atoms with van der Waals surface area (Å²) in [6.07, 6.45) is 4.48. The Bertz CT molecular complexity index is 327. The van der Waals surface area contributed by atoms with Crippen LogP contribution in [-0.4, -0.2) is 38.2 Å². The molecule has 0 aliphatic carbocycles. The molecule has 0 bridgehead atoms. The highest BCUT2D eigenvalue weighted by Crippen LogP contribution is 2.06. The summed E-state index contributed by atoms with van der Waals surface area (Å²) in [4.78, 5) is 14.6. The molecule has 84 valence electrons. The lowest BCUT2D eigenvalue weighted by Crippen LogP contribution is -2.32. The molecule has 0 fully saturated rings. The molecule has 1 heterocycles. The number of aromatic nitrogens is 2. The maximum atomic E-state index is 10.4. The summed E-state index contributed by atoms with van der Waals surface area (Å²) >= 11 is 1.54. The molecule has 0 spiro atoms. The molecule has 15 heavy (non-hydrogen) atoms. The normalized spacial score (nSPS) is 12.7. The van der Waals surface area contributed by atoms with E-state index in [0.29, 0.717) is 5.75 Å². The van der Waals surface area contributed by atoms with E-state index < -0.39 is 12.0 Å². The third kappa shape index (κ3) is 3.93. The number of hydrogen-bond donors (Lipinski definition) is 2. The van der Waals surface area contributed by atoms with Crippen molar-refractivity contribution in [2.75, 3.05) is 11.5 Å².